The molecule has 0 rings (SSSR count). The van der Waals surface area contributed by atoms with Gasteiger partial charge in [0, 0.05) is 20.8 Å². The molecule has 0 radical (unpaired) electrons. The van der Waals surface area contributed by atoms with Crippen molar-refractivity contribution in [1.82, 2.24) is 5.32 Å². The van der Waals surface area contributed by atoms with Crippen molar-refractivity contribution >= 4 is 0 Å². The van der Waals surface area contributed by atoms with Crippen LogP contribution in [0.1, 0.15) is 13.3 Å². The van der Waals surface area contributed by atoms with Crippen LogP contribution in [-0.2, 0) is 9.47 Å². The largest absolute Gasteiger partial charge is 0.382 e. The first kappa shape index (κ1) is 12.4. The molecule has 0 aliphatic rings. The number of nitriles is 1. The molecule has 2 atom stereocenters. The molecule has 1 N–H and O–H groups in total. The topological polar surface area (TPSA) is 54.3 Å². The number of nitrogens with zero attached hydrogens (tertiary/aromatic N) is 1. The maximum absolute atomic E-state index is 8.66. The lowest BCUT2D eigenvalue weighted by atomic mass is 10.2. The summed E-state index contributed by atoms with van der Waals surface area (Å²) < 4.78 is 10.1. The summed E-state index contributed by atoms with van der Waals surface area (Å²) in [5.41, 5.74) is 0. The Morgan fingerprint density at radius 1 is 1.46 bits per heavy atom. The molecule has 76 valence electrons. The highest BCUT2D eigenvalue weighted by molar-refractivity contribution is 4.88. The van der Waals surface area contributed by atoms with E-state index in [0.29, 0.717) is 13.2 Å². The maximum Gasteiger partial charge on any atom is 0.0951 e. The first-order valence-electron chi connectivity index (χ1n) is 4.43. The third kappa shape index (κ3) is 5.58. The fourth-order valence-electron chi connectivity index (χ4n) is 0.951. The summed E-state index contributed by atoms with van der Waals surface area (Å²) in [5.74, 6) is 0. The molecule has 0 fully saturated rings. The van der Waals surface area contributed by atoms with Gasteiger partial charge >= 0.3 is 0 Å². The Morgan fingerprint density at radius 2 is 2.15 bits per heavy atom. The lowest BCUT2D eigenvalue weighted by Gasteiger charge is -2.16. The molecule has 0 bridgehead atoms. The van der Waals surface area contributed by atoms with Gasteiger partial charge < -0.3 is 9.47 Å². The second-order valence-electron chi connectivity index (χ2n) is 2.81. The summed E-state index contributed by atoms with van der Waals surface area (Å²) >= 11 is 0. The summed E-state index contributed by atoms with van der Waals surface area (Å²) in [5, 5.41) is 11.7. The number of nitrogens with one attached hydrogen (secondary N) is 1. The SMILES string of the molecule is CCC(C#N)NCC(COC)OC. The number of rotatable bonds is 7. The molecule has 4 nitrogen and oxygen atoms in total. The van der Waals surface area contributed by atoms with Gasteiger partial charge in [-0.25, -0.2) is 0 Å². The molecule has 0 saturated carbocycles. The van der Waals surface area contributed by atoms with Crippen LogP contribution in [0.3, 0.4) is 0 Å². The van der Waals surface area contributed by atoms with Crippen LogP contribution >= 0.6 is 0 Å². The molecule has 4 heteroatoms. The zero-order valence-electron chi connectivity index (χ0n) is 8.54. The van der Waals surface area contributed by atoms with E-state index in [1.165, 1.54) is 0 Å². The summed E-state index contributed by atoms with van der Waals surface area (Å²) in [4.78, 5) is 0. The molecule has 13 heavy (non-hydrogen) atoms. The Labute approximate surface area is 79.8 Å². The average Bonchev–Trinajstić information content (AvgIpc) is 2.17. The van der Waals surface area contributed by atoms with E-state index in [2.05, 4.69) is 11.4 Å². The molecule has 0 aromatic heterocycles. The maximum atomic E-state index is 8.66. The number of methoxy groups -OCH3 is 2. The minimum atomic E-state index is -0.0884. The van der Waals surface area contributed by atoms with E-state index >= 15 is 0 Å². The van der Waals surface area contributed by atoms with Gasteiger partial charge in [-0.1, -0.05) is 6.92 Å². The summed E-state index contributed by atoms with van der Waals surface area (Å²) in [7, 11) is 3.27. The van der Waals surface area contributed by atoms with Crippen LogP contribution in [0.4, 0.5) is 0 Å². The number of ether oxygens (including phenoxy) is 2. The zero-order valence-corrected chi connectivity index (χ0v) is 8.54. The second kappa shape index (κ2) is 7.99. The van der Waals surface area contributed by atoms with Gasteiger partial charge in [-0.3, -0.25) is 5.32 Å². The van der Waals surface area contributed by atoms with Gasteiger partial charge in [0.2, 0.25) is 0 Å². The van der Waals surface area contributed by atoms with E-state index in [1.54, 1.807) is 14.2 Å². The molecule has 0 amide bonds. The first-order chi connectivity index (χ1) is 6.28. The monoisotopic (exact) mass is 186 g/mol. The van der Waals surface area contributed by atoms with Crippen LogP contribution < -0.4 is 5.32 Å². The lowest BCUT2D eigenvalue weighted by Crippen LogP contribution is -2.37. The van der Waals surface area contributed by atoms with Crippen LogP contribution in [-0.4, -0.2) is 39.5 Å². The van der Waals surface area contributed by atoms with Crippen molar-refractivity contribution in [3.05, 3.63) is 0 Å². The van der Waals surface area contributed by atoms with Gasteiger partial charge in [0.25, 0.3) is 0 Å². The molecule has 0 aromatic carbocycles. The standard InChI is InChI=1S/C9H18N2O2/c1-4-8(5-10)11-6-9(13-3)7-12-2/h8-9,11H,4,6-7H2,1-3H3. The number of hydrogen-bond acceptors (Lipinski definition) is 4. The Kier molecular flexibility index (Phi) is 7.60. The third-order valence-corrected chi connectivity index (χ3v) is 1.84. The van der Waals surface area contributed by atoms with E-state index in [1.807, 2.05) is 6.92 Å². The molecule has 0 heterocycles. The minimum Gasteiger partial charge on any atom is -0.382 e. The van der Waals surface area contributed by atoms with Crippen molar-refractivity contribution < 1.29 is 9.47 Å². The molecule has 0 aliphatic heterocycles. The highest BCUT2D eigenvalue weighted by atomic mass is 16.5. The van der Waals surface area contributed by atoms with Crippen LogP contribution in [0.25, 0.3) is 0 Å². The van der Waals surface area contributed by atoms with Crippen molar-refractivity contribution in [1.29, 1.82) is 5.26 Å². The van der Waals surface area contributed by atoms with Gasteiger partial charge in [0.1, 0.15) is 0 Å². The Bertz CT molecular complexity index is 156. The van der Waals surface area contributed by atoms with E-state index in [4.69, 9.17) is 14.7 Å². The molecule has 0 aliphatic carbocycles. The summed E-state index contributed by atoms with van der Waals surface area (Å²) in [6.45, 7) is 3.17. The van der Waals surface area contributed by atoms with Gasteiger partial charge in [0.05, 0.1) is 24.8 Å². The fraction of sp³-hybridized carbons (Fsp3) is 0.889. The van der Waals surface area contributed by atoms with Gasteiger partial charge in [-0.2, -0.15) is 5.26 Å². The van der Waals surface area contributed by atoms with Crippen LogP contribution in [0.5, 0.6) is 0 Å². The smallest absolute Gasteiger partial charge is 0.0951 e. The highest BCUT2D eigenvalue weighted by Crippen LogP contribution is 1.92. The predicted molar refractivity (Wildman–Crippen MR) is 50.4 cm³/mol. The van der Waals surface area contributed by atoms with Crippen molar-refractivity contribution in [2.24, 2.45) is 0 Å². The Morgan fingerprint density at radius 3 is 2.54 bits per heavy atom. The van der Waals surface area contributed by atoms with E-state index in [0.717, 1.165) is 6.42 Å². The van der Waals surface area contributed by atoms with E-state index in [9.17, 15) is 0 Å². The predicted octanol–water partition coefficient (Wildman–Crippen LogP) is 0.540. The van der Waals surface area contributed by atoms with Crippen LogP contribution in [0.15, 0.2) is 0 Å². The van der Waals surface area contributed by atoms with Crippen molar-refractivity contribution in [3.63, 3.8) is 0 Å². The van der Waals surface area contributed by atoms with Crippen molar-refractivity contribution in [2.75, 3.05) is 27.4 Å². The van der Waals surface area contributed by atoms with Gasteiger partial charge in [0.15, 0.2) is 0 Å². The Balaban J connectivity index is 3.64. The van der Waals surface area contributed by atoms with Crippen molar-refractivity contribution in [2.45, 2.75) is 25.5 Å². The average molecular weight is 186 g/mol. The van der Waals surface area contributed by atoms with Gasteiger partial charge in [-0.15, -0.1) is 0 Å². The molecule has 0 aromatic rings. The molecular weight excluding hydrogens is 168 g/mol. The summed E-state index contributed by atoms with van der Waals surface area (Å²) in [6.07, 6.45) is 0.826. The molecule has 0 saturated heterocycles. The fourth-order valence-corrected chi connectivity index (χ4v) is 0.951. The van der Waals surface area contributed by atoms with Gasteiger partial charge in [-0.05, 0) is 6.42 Å². The highest BCUT2D eigenvalue weighted by Gasteiger charge is 2.09. The number of hydrogen-bond donors (Lipinski definition) is 1. The van der Waals surface area contributed by atoms with Crippen LogP contribution in [0, 0.1) is 11.3 Å². The quantitative estimate of drug-likeness (QED) is 0.630. The summed E-state index contributed by atoms with van der Waals surface area (Å²) in [6, 6.07) is 2.08. The van der Waals surface area contributed by atoms with Crippen LogP contribution in [0.2, 0.25) is 0 Å². The van der Waals surface area contributed by atoms with E-state index < -0.39 is 0 Å². The van der Waals surface area contributed by atoms with E-state index in [-0.39, 0.29) is 12.1 Å². The minimum absolute atomic E-state index is 0.0207. The second-order valence-corrected chi connectivity index (χ2v) is 2.81. The Hall–Kier alpha value is -0.630. The third-order valence-electron chi connectivity index (χ3n) is 1.84. The molecule has 0 spiro atoms. The zero-order chi connectivity index (χ0) is 10.1. The lowest BCUT2D eigenvalue weighted by molar-refractivity contribution is 0.0281. The molecular formula is C9H18N2O2. The normalized spacial score (nSPS) is 14.9. The molecule has 2 unspecified atom stereocenters. The van der Waals surface area contributed by atoms with Crippen molar-refractivity contribution in [3.8, 4) is 6.07 Å². The first-order valence-corrected chi connectivity index (χ1v) is 4.43.